The van der Waals surface area contributed by atoms with Gasteiger partial charge in [0.1, 0.15) is 5.82 Å². The Labute approximate surface area is 282 Å². The number of piperazine rings is 1. The fourth-order valence-corrected chi connectivity index (χ4v) is 8.81. The third-order valence-corrected chi connectivity index (χ3v) is 11.9. The maximum absolute atomic E-state index is 14.1. The quantitative estimate of drug-likeness (QED) is 0.242. The van der Waals surface area contributed by atoms with Crippen molar-refractivity contribution < 1.29 is 4.79 Å². The van der Waals surface area contributed by atoms with Gasteiger partial charge in [-0.05, 0) is 111 Å². The Morgan fingerprint density at radius 3 is 2.55 bits per heavy atom. The number of nitrogens with zero attached hydrogens (tertiary/aromatic N) is 4. The number of aryl methyl sites for hydroxylation is 1. The molecule has 2 aliphatic heterocycles. The molecule has 3 aliphatic carbocycles. The molecule has 10 heteroatoms. The molecular formula is C37H48ClN7O2. The Kier molecular flexibility index (Phi) is 8.81. The summed E-state index contributed by atoms with van der Waals surface area (Å²) in [5, 5.41) is 11.4. The molecule has 2 saturated heterocycles. The monoisotopic (exact) mass is 657 g/mol. The second-order valence-electron chi connectivity index (χ2n) is 15.0. The van der Waals surface area contributed by atoms with E-state index in [0.29, 0.717) is 52.2 Å². The van der Waals surface area contributed by atoms with Gasteiger partial charge in [0.25, 0.3) is 5.56 Å². The number of anilines is 1. The van der Waals surface area contributed by atoms with Crippen molar-refractivity contribution in [3.63, 3.8) is 0 Å². The first-order chi connectivity index (χ1) is 22.6. The van der Waals surface area contributed by atoms with E-state index in [0.717, 1.165) is 61.8 Å². The van der Waals surface area contributed by atoms with Gasteiger partial charge in [0.15, 0.2) is 5.96 Å². The van der Waals surface area contributed by atoms with Gasteiger partial charge in [0.05, 0.1) is 23.5 Å². The molecule has 5 atom stereocenters. The third kappa shape index (κ3) is 6.41. The van der Waals surface area contributed by atoms with Crippen molar-refractivity contribution >= 4 is 40.1 Å². The molecule has 0 radical (unpaired) electrons. The van der Waals surface area contributed by atoms with Crippen LogP contribution in [0, 0.1) is 23.2 Å². The molecule has 250 valence electrons. The van der Waals surface area contributed by atoms with E-state index in [1.54, 1.807) is 0 Å². The lowest BCUT2D eigenvalue weighted by molar-refractivity contribution is -0.124. The van der Waals surface area contributed by atoms with Crippen LogP contribution in [0.4, 0.5) is 5.69 Å². The molecule has 9 nitrogen and oxygen atoms in total. The Balaban J connectivity index is 1.22. The lowest BCUT2D eigenvalue weighted by Crippen LogP contribution is -2.58. The van der Waals surface area contributed by atoms with Crippen LogP contribution >= 0.6 is 11.6 Å². The summed E-state index contributed by atoms with van der Waals surface area (Å²) in [5.74, 6) is 3.64. The molecule has 5 fully saturated rings. The lowest BCUT2D eigenvalue weighted by Gasteiger charge is -2.61. The summed E-state index contributed by atoms with van der Waals surface area (Å²) in [5.41, 5.74) is 3.02. The number of hydrogen-bond donors (Lipinski definition) is 3. The zero-order valence-corrected chi connectivity index (χ0v) is 28.8. The first-order valence-corrected chi connectivity index (χ1v) is 17.8. The van der Waals surface area contributed by atoms with Crippen LogP contribution in [0.15, 0.2) is 52.3 Å². The fourth-order valence-electron chi connectivity index (χ4n) is 8.68. The van der Waals surface area contributed by atoms with Crippen LogP contribution in [0.1, 0.15) is 70.7 Å². The summed E-state index contributed by atoms with van der Waals surface area (Å²) in [6, 6.07) is 13.9. The van der Waals surface area contributed by atoms with Crippen LogP contribution in [0.2, 0.25) is 5.02 Å². The molecular weight excluding hydrogens is 610 g/mol. The molecule has 3 heterocycles. The molecule has 5 aliphatic rings. The van der Waals surface area contributed by atoms with Gasteiger partial charge in [-0.15, -0.1) is 0 Å². The van der Waals surface area contributed by atoms with Gasteiger partial charge in [-0.3, -0.25) is 14.2 Å². The normalized spacial score (nSPS) is 27.8. The molecule has 2 bridgehead atoms. The zero-order valence-electron chi connectivity index (χ0n) is 28.1. The van der Waals surface area contributed by atoms with Crippen LogP contribution < -0.4 is 21.5 Å². The van der Waals surface area contributed by atoms with Crippen molar-refractivity contribution in [3.05, 3.63) is 69.2 Å². The van der Waals surface area contributed by atoms with E-state index in [4.69, 9.17) is 21.6 Å². The largest absolute Gasteiger partial charge is 0.350 e. The molecule has 8 rings (SSSR count). The van der Waals surface area contributed by atoms with E-state index in [1.807, 2.05) is 54.0 Å². The van der Waals surface area contributed by atoms with Crippen LogP contribution in [0.25, 0.3) is 10.9 Å². The molecule has 1 aromatic heterocycles. The number of hydrogen-bond acceptors (Lipinski definition) is 5. The number of nitrogens with one attached hydrogen (secondary N) is 3. The maximum atomic E-state index is 14.1. The molecule has 1 amide bonds. The van der Waals surface area contributed by atoms with E-state index in [1.165, 1.54) is 6.42 Å². The van der Waals surface area contributed by atoms with Gasteiger partial charge in [0, 0.05) is 35.8 Å². The second-order valence-corrected chi connectivity index (χ2v) is 15.4. The smallest absolute Gasteiger partial charge is 0.261 e. The average Bonchev–Trinajstić information content (AvgIpc) is 3.05. The highest BCUT2D eigenvalue weighted by molar-refractivity contribution is 6.30. The fraction of sp³-hybridized carbons (Fsp3) is 0.568. The van der Waals surface area contributed by atoms with Gasteiger partial charge < -0.3 is 20.9 Å². The summed E-state index contributed by atoms with van der Waals surface area (Å²) < 4.78 is 1.90. The minimum atomic E-state index is -0.00247. The van der Waals surface area contributed by atoms with Crippen LogP contribution in [0.3, 0.4) is 0 Å². The van der Waals surface area contributed by atoms with Crippen molar-refractivity contribution in [2.24, 2.45) is 28.2 Å². The molecule has 3 aromatic rings. The number of carbonyl (C=O) groups excluding carboxylic acids is 1. The number of carbonyl (C=O) groups is 1. The van der Waals surface area contributed by atoms with Gasteiger partial charge in [-0.25, -0.2) is 9.98 Å². The molecule has 47 heavy (non-hydrogen) atoms. The SMILES string of the molecule is C[C@@H]1C(N=C(Nc2ccc3c(=O)n(CCc4ccc(Cl)cc4)c(C4CCNCC4)nc3c2)N2CC(=O)N[C@@H](C)C2)C[C@@H]2C[C@H]1C2(C)C. The predicted molar refractivity (Wildman–Crippen MR) is 189 cm³/mol. The minimum Gasteiger partial charge on any atom is -0.350 e. The zero-order chi connectivity index (χ0) is 32.9. The predicted octanol–water partition coefficient (Wildman–Crippen LogP) is 5.42. The van der Waals surface area contributed by atoms with Crippen molar-refractivity contribution in [1.29, 1.82) is 0 Å². The number of halogens is 1. The second kappa shape index (κ2) is 12.9. The Hall–Kier alpha value is -3.43. The minimum absolute atomic E-state index is 0.00247. The van der Waals surface area contributed by atoms with Crippen molar-refractivity contribution in [1.82, 2.24) is 25.1 Å². The Morgan fingerprint density at radius 1 is 1.09 bits per heavy atom. The summed E-state index contributed by atoms with van der Waals surface area (Å²) in [7, 11) is 0. The van der Waals surface area contributed by atoms with Gasteiger partial charge in [0.2, 0.25) is 5.91 Å². The number of rotatable bonds is 6. The summed E-state index contributed by atoms with van der Waals surface area (Å²) in [6.45, 7) is 12.5. The van der Waals surface area contributed by atoms with Crippen LogP contribution in [-0.2, 0) is 17.8 Å². The summed E-state index contributed by atoms with van der Waals surface area (Å²) >= 11 is 6.12. The maximum Gasteiger partial charge on any atom is 0.261 e. The van der Waals surface area contributed by atoms with Gasteiger partial charge in [-0.2, -0.15) is 0 Å². The molecule has 2 aromatic carbocycles. The number of benzene rings is 2. The number of aliphatic imine (C=N–C) groups is 1. The summed E-state index contributed by atoms with van der Waals surface area (Å²) in [4.78, 5) is 39.4. The molecule has 1 unspecified atom stereocenters. The topological polar surface area (TPSA) is 104 Å². The van der Waals surface area contributed by atoms with E-state index in [9.17, 15) is 9.59 Å². The number of amides is 1. The van der Waals surface area contributed by atoms with E-state index >= 15 is 0 Å². The highest BCUT2D eigenvalue weighted by atomic mass is 35.5. The number of aromatic nitrogens is 2. The summed E-state index contributed by atoms with van der Waals surface area (Å²) in [6.07, 6.45) is 4.98. The van der Waals surface area contributed by atoms with E-state index in [2.05, 4.69) is 41.6 Å². The average molecular weight is 658 g/mol. The first kappa shape index (κ1) is 32.1. The highest BCUT2D eigenvalue weighted by Gasteiger charge is 2.56. The van der Waals surface area contributed by atoms with E-state index < -0.39 is 0 Å². The third-order valence-electron chi connectivity index (χ3n) is 11.6. The van der Waals surface area contributed by atoms with Crippen LogP contribution in [0.5, 0.6) is 0 Å². The lowest BCUT2D eigenvalue weighted by atomic mass is 9.45. The first-order valence-electron chi connectivity index (χ1n) is 17.5. The number of piperidine rings is 1. The van der Waals surface area contributed by atoms with Gasteiger partial charge >= 0.3 is 0 Å². The standard InChI is InChI=1S/C37H48ClN7O2/c1-22-20-44(21-33(46)40-22)36(43-31-18-26-17-30(23(31)2)37(26,3)4)41-28-9-10-29-32(19-28)42-34(25-11-14-39-15-12-25)45(35(29)47)16-13-24-5-7-27(38)8-6-24/h5-10,19,22-23,25-26,30-31,39H,11-18,20-21H2,1-4H3,(H,40,46)(H,41,43)/t22-,23-,26-,30+,31?/m0/s1. The van der Waals surface area contributed by atoms with Crippen molar-refractivity contribution in [3.8, 4) is 0 Å². The molecule has 3 N–H and O–H groups in total. The van der Waals surface area contributed by atoms with Gasteiger partial charge in [-0.1, -0.05) is 44.5 Å². The van der Waals surface area contributed by atoms with Crippen molar-refractivity contribution in [2.45, 2.75) is 84.3 Å². The molecule has 0 spiro atoms. The Bertz CT molecular complexity index is 1730. The Morgan fingerprint density at radius 2 is 1.85 bits per heavy atom. The number of fused-ring (bicyclic) bond motifs is 3. The van der Waals surface area contributed by atoms with E-state index in [-0.39, 0.29) is 36.0 Å². The number of guanidine groups is 1. The van der Waals surface area contributed by atoms with Crippen molar-refractivity contribution in [2.75, 3.05) is 31.5 Å². The van der Waals surface area contributed by atoms with Crippen LogP contribution in [-0.4, -0.2) is 64.6 Å². The molecule has 3 saturated carbocycles. The highest BCUT2D eigenvalue weighted by Crippen LogP contribution is 2.61.